The van der Waals surface area contributed by atoms with E-state index in [0.717, 1.165) is 23.1 Å². The lowest BCUT2D eigenvalue weighted by atomic mass is 9.98. The van der Waals surface area contributed by atoms with Gasteiger partial charge >= 0.3 is 0 Å². The standard InChI is InChI=1S/C17H17N3/c1-12-8-14(11-19-10-12)16(18)9-13-6-7-20-17-5-3-2-4-15(13)17/h2-8,10-11,16H,9,18H2,1H3. The first-order valence-electron chi connectivity index (χ1n) is 6.74. The van der Waals surface area contributed by atoms with Crippen molar-refractivity contribution in [1.82, 2.24) is 9.97 Å². The third kappa shape index (κ3) is 2.53. The normalized spacial score (nSPS) is 12.5. The van der Waals surface area contributed by atoms with Crippen molar-refractivity contribution in [2.45, 2.75) is 19.4 Å². The van der Waals surface area contributed by atoms with Crippen LogP contribution in [0.15, 0.2) is 55.0 Å². The third-order valence-electron chi connectivity index (χ3n) is 3.50. The van der Waals surface area contributed by atoms with Gasteiger partial charge in [-0.15, -0.1) is 0 Å². The Labute approximate surface area is 118 Å². The first kappa shape index (κ1) is 12.8. The van der Waals surface area contributed by atoms with Gasteiger partial charge in [0.05, 0.1) is 5.52 Å². The van der Waals surface area contributed by atoms with Crippen LogP contribution in [0.2, 0.25) is 0 Å². The zero-order chi connectivity index (χ0) is 13.9. The molecule has 1 atom stereocenters. The molecule has 3 rings (SSSR count). The molecule has 0 aliphatic carbocycles. The van der Waals surface area contributed by atoms with Crippen LogP contribution in [0.25, 0.3) is 10.9 Å². The van der Waals surface area contributed by atoms with Crippen LogP contribution in [0.3, 0.4) is 0 Å². The molecule has 0 aliphatic rings. The molecule has 0 radical (unpaired) electrons. The van der Waals surface area contributed by atoms with E-state index in [4.69, 9.17) is 5.73 Å². The van der Waals surface area contributed by atoms with Crippen LogP contribution in [0.4, 0.5) is 0 Å². The van der Waals surface area contributed by atoms with E-state index in [-0.39, 0.29) is 6.04 Å². The van der Waals surface area contributed by atoms with Gasteiger partial charge in [-0.2, -0.15) is 0 Å². The van der Waals surface area contributed by atoms with E-state index in [9.17, 15) is 0 Å². The molecule has 3 nitrogen and oxygen atoms in total. The van der Waals surface area contributed by atoms with Crippen molar-refractivity contribution in [3.63, 3.8) is 0 Å². The van der Waals surface area contributed by atoms with Crippen molar-refractivity contribution in [3.05, 3.63) is 71.7 Å². The first-order chi connectivity index (χ1) is 9.74. The number of nitrogens with two attached hydrogens (primary N) is 1. The molecule has 2 heterocycles. The smallest absolute Gasteiger partial charge is 0.0704 e. The number of fused-ring (bicyclic) bond motifs is 1. The summed E-state index contributed by atoms with van der Waals surface area (Å²) < 4.78 is 0. The van der Waals surface area contributed by atoms with Crippen LogP contribution < -0.4 is 5.73 Å². The predicted octanol–water partition coefficient (Wildman–Crippen LogP) is 3.18. The van der Waals surface area contributed by atoms with Gasteiger partial charge in [0, 0.05) is 30.0 Å². The molecule has 2 N–H and O–H groups in total. The molecule has 0 saturated carbocycles. The highest BCUT2D eigenvalue weighted by molar-refractivity contribution is 5.81. The zero-order valence-corrected chi connectivity index (χ0v) is 11.5. The fraction of sp³-hybridized carbons (Fsp3) is 0.176. The van der Waals surface area contributed by atoms with Gasteiger partial charge in [-0.05, 0) is 42.2 Å². The fourth-order valence-electron chi connectivity index (χ4n) is 2.47. The molecule has 3 aromatic rings. The molecule has 0 amide bonds. The van der Waals surface area contributed by atoms with Gasteiger partial charge in [-0.1, -0.05) is 24.3 Å². The summed E-state index contributed by atoms with van der Waals surface area (Å²) in [6.45, 7) is 2.03. The van der Waals surface area contributed by atoms with E-state index >= 15 is 0 Å². The van der Waals surface area contributed by atoms with E-state index in [1.807, 2.05) is 49.8 Å². The molecule has 1 unspecified atom stereocenters. The number of benzene rings is 1. The summed E-state index contributed by atoms with van der Waals surface area (Å²) in [5.41, 5.74) is 10.8. The number of pyridine rings is 2. The van der Waals surface area contributed by atoms with Crippen molar-refractivity contribution in [1.29, 1.82) is 0 Å². The molecule has 2 aromatic heterocycles. The maximum atomic E-state index is 6.33. The number of hydrogen-bond donors (Lipinski definition) is 1. The topological polar surface area (TPSA) is 51.8 Å². The number of nitrogens with zero attached hydrogens (tertiary/aromatic N) is 2. The third-order valence-corrected chi connectivity index (χ3v) is 3.50. The number of aryl methyl sites for hydroxylation is 1. The first-order valence-corrected chi connectivity index (χ1v) is 6.74. The Hall–Kier alpha value is -2.26. The molecular formula is C17H17N3. The number of rotatable bonds is 3. The van der Waals surface area contributed by atoms with Crippen LogP contribution >= 0.6 is 0 Å². The minimum absolute atomic E-state index is 0.0480. The van der Waals surface area contributed by atoms with Crippen LogP contribution in [0.1, 0.15) is 22.7 Å². The molecule has 1 aromatic carbocycles. The Bertz CT molecular complexity index is 732. The predicted molar refractivity (Wildman–Crippen MR) is 81.3 cm³/mol. The Morgan fingerprint density at radius 1 is 1.15 bits per heavy atom. The molecule has 0 bridgehead atoms. The van der Waals surface area contributed by atoms with Crippen LogP contribution in [0.5, 0.6) is 0 Å². The van der Waals surface area contributed by atoms with Gasteiger partial charge < -0.3 is 5.73 Å². The number of hydrogen-bond acceptors (Lipinski definition) is 3. The second kappa shape index (κ2) is 5.39. The molecular weight excluding hydrogens is 246 g/mol. The Kier molecular flexibility index (Phi) is 3.44. The number of para-hydroxylation sites is 1. The van der Waals surface area contributed by atoms with Gasteiger partial charge in [-0.25, -0.2) is 0 Å². The summed E-state index contributed by atoms with van der Waals surface area (Å²) in [4.78, 5) is 8.60. The van der Waals surface area contributed by atoms with E-state index in [1.54, 1.807) is 0 Å². The van der Waals surface area contributed by atoms with Crippen molar-refractivity contribution >= 4 is 10.9 Å². The summed E-state index contributed by atoms with van der Waals surface area (Å²) >= 11 is 0. The molecule has 0 spiro atoms. The Morgan fingerprint density at radius 2 is 2.00 bits per heavy atom. The summed E-state index contributed by atoms with van der Waals surface area (Å²) in [6, 6.07) is 12.3. The maximum absolute atomic E-state index is 6.33. The van der Waals surface area contributed by atoms with E-state index in [2.05, 4.69) is 22.1 Å². The van der Waals surface area contributed by atoms with Crippen LogP contribution in [0, 0.1) is 6.92 Å². The van der Waals surface area contributed by atoms with Crippen molar-refractivity contribution in [2.75, 3.05) is 0 Å². The highest BCUT2D eigenvalue weighted by Gasteiger charge is 2.10. The fourth-order valence-corrected chi connectivity index (χ4v) is 2.47. The molecule has 0 saturated heterocycles. The van der Waals surface area contributed by atoms with Gasteiger partial charge in [0.25, 0.3) is 0 Å². The average Bonchev–Trinajstić information content (AvgIpc) is 2.47. The van der Waals surface area contributed by atoms with E-state index in [1.165, 1.54) is 10.9 Å². The largest absolute Gasteiger partial charge is 0.324 e. The van der Waals surface area contributed by atoms with E-state index < -0.39 is 0 Å². The van der Waals surface area contributed by atoms with Crippen molar-refractivity contribution in [3.8, 4) is 0 Å². The van der Waals surface area contributed by atoms with Gasteiger partial charge in [0.1, 0.15) is 0 Å². The lowest BCUT2D eigenvalue weighted by molar-refractivity contribution is 0.720. The van der Waals surface area contributed by atoms with E-state index in [0.29, 0.717) is 0 Å². The lowest BCUT2D eigenvalue weighted by Crippen LogP contribution is -2.14. The Balaban J connectivity index is 1.93. The number of aromatic nitrogens is 2. The minimum atomic E-state index is -0.0480. The molecule has 0 fully saturated rings. The molecule has 100 valence electrons. The quantitative estimate of drug-likeness (QED) is 0.789. The maximum Gasteiger partial charge on any atom is 0.0704 e. The van der Waals surface area contributed by atoms with Gasteiger partial charge in [-0.3, -0.25) is 9.97 Å². The zero-order valence-electron chi connectivity index (χ0n) is 11.5. The average molecular weight is 263 g/mol. The summed E-state index contributed by atoms with van der Waals surface area (Å²) in [6.07, 6.45) is 6.33. The molecule has 0 aliphatic heterocycles. The summed E-state index contributed by atoms with van der Waals surface area (Å²) in [5.74, 6) is 0. The van der Waals surface area contributed by atoms with Crippen molar-refractivity contribution < 1.29 is 0 Å². The second-order valence-corrected chi connectivity index (χ2v) is 5.09. The SMILES string of the molecule is Cc1cncc(C(N)Cc2ccnc3ccccc23)c1. The highest BCUT2D eigenvalue weighted by atomic mass is 14.7. The molecule has 3 heteroatoms. The highest BCUT2D eigenvalue weighted by Crippen LogP contribution is 2.22. The summed E-state index contributed by atoms with van der Waals surface area (Å²) in [7, 11) is 0. The monoisotopic (exact) mass is 263 g/mol. The van der Waals surface area contributed by atoms with Gasteiger partial charge in [0.15, 0.2) is 0 Å². The van der Waals surface area contributed by atoms with Crippen LogP contribution in [-0.4, -0.2) is 9.97 Å². The van der Waals surface area contributed by atoms with Crippen LogP contribution in [-0.2, 0) is 6.42 Å². The Morgan fingerprint density at radius 3 is 2.85 bits per heavy atom. The van der Waals surface area contributed by atoms with Gasteiger partial charge in [0.2, 0.25) is 0 Å². The summed E-state index contributed by atoms with van der Waals surface area (Å²) in [5, 5.41) is 1.17. The molecule has 20 heavy (non-hydrogen) atoms. The van der Waals surface area contributed by atoms with Crippen molar-refractivity contribution in [2.24, 2.45) is 5.73 Å². The lowest BCUT2D eigenvalue weighted by Gasteiger charge is -2.13. The second-order valence-electron chi connectivity index (χ2n) is 5.09. The minimum Gasteiger partial charge on any atom is -0.324 e.